The summed E-state index contributed by atoms with van der Waals surface area (Å²) >= 11 is 0. The molecule has 2 spiro atoms. The van der Waals surface area contributed by atoms with Gasteiger partial charge in [-0.3, -0.25) is 14.3 Å². The molecule has 2 heterocycles. The van der Waals surface area contributed by atoms with Crippen LogP contribution in [0.5, 0.6) is 0 Å². The molecule has 10 heteroatoms. The SMILES string of the molecule is CN1CC2(CCc3ccc(NC(=O)c4ccc(NS(=O)(=O)CCO)cc4N4CCC5(CC4)CC5)cc32)CC1=O. The van der Waals surface area contributed by atoms with Gasteiger partial charge in [-0.2, -0.15) is 0 Å². The van der Waals surface area contributed by atoms with Crippen LogP contribution in [-0.4, -0.2) is 69.3 Å². The summed E-state index contributed by atoms with van der Waals surface area (Å²) in [6.45, 7) is 1.86. The van der Waals surface area contributed by atoms with Crippen molar-refractivity contribution in [3.05, 3.63) is 53.1 Å². The summed E-state index contributed by atoms with van der Waals surface area (Å²) in [7, 11) is -1.85. The van der Waals surface area contributed by atoms with Gasteiger partial charge in [0, 0.05) is 44.2 Å². The van der Waals surface area contributed by atoms with Crippen LogP contribution in [0.15, 0.2) is 36.4 Å². The van der Waals surface area contributed by atoms with E-state index in [1.165, 1.54) is 18.4 Å². The molecule has 0 radical (unpaired) electrons. The molecular weight excluding hydrogens is 516 g/mol. The third-order valence-corrected chi connectivity index (χ3v) is 10.5. The first-order chi connectivity index (χ1) is 18.6. The minimum Gasteiger partial charge on any atom is -0.395 e. The van der Waals surface area contributed by atoms with Crippen LogP contribution >= 0.6 is 0 Å². The monoisotopic (exact) mass is 552 g/mol. The van der Waals surface area contributed by atoms with Crippen LogP contribution in [0.2, 0.25) is 0 Å². The van der Waals surface area contributed by atoms with Gasteiger partial charge in [0.15, 0.2) is 0 Å². The van der Waals surface area contributed by atoms with Gasteiger partial charge in [0.2, 0.25) is 15.9 Å². The number of piperidine rings is 1. The number of aliphatic hydroxyl groups is 1. The van der Waals surface area contributed by atoms with E-state index in [1.54, 1.807) is 23.1 Å². The van der Waals surface area contributed by atoms with Crippen molar-refractivity contribution in [1.82, 2.24) is 4.90 Å². The fraction of sp³-hybridized carbons (Fsp3) is 0.517. The molecule has 0 bridgehead atoms. The lowest BCUT2D eigenvalue weighted by atomic mass is 9.81. The highest BCUT2D eigenvalue weighted by molar-refractivity contribution is 7.92. The van der Waals surface area contributed by atoms with Gasteiger partial charge in [0.1, 0.15) is 0 Å². The first-order valence-electron chi connectivity index (χ1n) is 13.8. The molecule has 4 aliphatic rings. The Hall–Kier alpha value is -3.11. The number of hydrogen-bond donors (Lipinski definition) is 3. The molecule has 208 valence electrons. The van der Waals surface area contributed by atoms with E-state index in [0.29, 0.717) is 41.0 Å². The minimum absolute atomic E-state index is 0.158. The van der Waals surface area contributed by atoms with Crippen molar-refractivity contribution in [3.63, 3.8) is 0 Å². The maximum Gasteiger partial charge on any atom is 0.257 e. The van der Waals surface area contributed by atoms with Crippen LogP contribution in [0.4, 0.5) is 17.1 Å². The molecule has 1 saturated carbocycles. The highest BCUT2D eigenvalue weighted by atomic mass is 32.2. The van der Waals surface area contributed by atoms with Crippen molar-refractivity contribution in [2.24, 2.45) is 5.41 Å². The Morgan fingerprint density at radius 2 is 1.77 bits per heavy atom. The summed E-state index contributed by atoms with van der Waals surface area (Å²) in [6, 6.07) is 11.0. The Bertz CT molecular complexity index is 1430. The van der Waals surface area contributed by atoms with E-state index < -0.39 is 22.4 Å². The van der Waals surface area contributed by atoms with Gasteiger partial charge in [-0.05, 0) is 85.4 Å². The molecule has 2 amide bonds. The highest BCUT2D eigenvalue weighted by Gasteiger charge is 2.47. The summed E-state index contributed by atoms with van der Waals surface area (Å²) in [5.74, 6) is -0.489. The molecule has 0 aromatic heterocycles. The largest absolute Gasteiger partial charge is 0.395 e. The second-order valence-corrected chi connectivity index (χ2v) is 13.7. The van der Waals surface area contributed by atoms with Crippen LogP contribution in [0, 0.1) is 5.41 Å². The number of fused-ring (bicyclic) bond motifs is 2. The number of carbonyl (C=O) groups is 2. The first-order valence-corrected chi connectivity index (χ1v) is 15.5. The summed E-state index contributed by atoms with van der Waals surface area (Å²) in [6.07, 6.45) is 7.01. The van der Waals surface area contributed by atoms with Gasteiger partial charge >= 0.3 is 0 Å². The first kappa shape index (κ1) is 26.1. The molecule has 2 aliphatic heterocycles. The number of rotatable bonds is 7. The summed E-state index contributed by atoms with van der Waals surface area (Å²) < 4.78 is 27.1. The van der Waals surface area contributed by atoms with Crippen LogP contribution in [0.1, 0.15) is 60.0 Å². The van der Waals surface area contributed by atoms with Crippen molar-refractivity contribution in [2.75, 3.05) is 54.0 Å². The maximum absolute atomic E-state index is 13.7. The number of likely N-dealkylation sites (N-methyl/N-ethyl adjacent to an activating group) is 1. The summed E-state index contributed by atoms with van der Waals surface area (Å²) in [4.78, 5) is 30.0. The number of aliphatic hydroxyl groups excluding tert-OH is 1. The van der Waals surface area contributed by atoms with Gasteiger partial charge in [0.25, 0.3) is 5.91 Å². The Balaban J connectivity index is 1.27. The number of hydrogen-bond acceptors (Lipinski definition) is 6. The number of aryl methyl sites for hydroxylation is 1. The van der Waals surface area contributed by atoms with Crippen molar-refractivity contribution in [3.8, 4) is 0 Å². The average Bonchev–Trinajstić information content (AvgIpc) is 3.46. The molecule has 2 aliphatic carbocycles. The van der Waals surface area contributed by atoms with E-state index in [-0.39, 0.29) is 17.2 Å². The number of sulfonamides is 1. The Labute approximate surface area is 229 Å². The molecule has 39 heavy (non-hydrogen) atoms. The van der Waals surface area contributed by atoms with Crippen LogP contribution in [0.3, 0.4) is 0 Å². The smallest absolute Gasteiger partial charge is 0.257 e. The van der Waals surface area contributed by atoms with Crippen molar-refractivity contribution < 1.29 is 23.1 Å². The number of carbonyl (C=O) groups excluding carboxylic acids is 2. The topological polar surface area (TPSA) is 119 Å². The van der Waals surface area contributed by atoms with Crippen LogP contribution < -0.4 is 14.9 Å². The van der Waals surface area contributed by atoms with Gasteiger partial charge in [-0.1, -0.05) is 6.07 Å². The lowest BCUT2D eigenvalue weighted by Gasteiger charge is -2.35. The standard InChI is InChI=1S/C29H36N4O5S/c1-32-19-29(18-26(32)35)7-6-20-2-3-21(16-24(20)29)30-27(36)23-5-4-22(31-39(37,38)15-14-34)17-25(23)33-12-10-28(8-9-28)11-13-33/h2-5,16-17,31,34H,6-15,18-19H2,1H3,(H,30,36). The van der Waals surface area contributed by atoms with E-state index in [1.807, 2.05) is 19.2 Å². The second kappa shape index (κ2) is 9.52. The van der Waals surface area contributed by atoms with Gasteiger partial charge in [-0.25, -0.2) is 8.42 Å². The molecular formula is C29H36N4O5S. The number of likely N-dealkylation sites (tertiary alicyclic amines) is 1. The zero-order valence-electron chi connectivity index (χ0n) is 22.3. The summed E-state index contributed by atoms with van der Waals surface area (Å²) in [5, 5.41) is 12.2. The molecule has 1 atom stereocenters. The number of nitrogens with zero attached hydrogens (tertiary/aromatic N) is 2. The third-order valence-electron chi connectivity index (χ3n) is 9.26. The normalized spacial score (nSPS) is 23.4. The van der Waals surface area contributed by atoms with E-state index in [9.17, 15) is 18.0 Å². The fourth-order valence-corrected chi connectivity index (χ4v) is 7.57. The lowest BCUT2D eigenvalue weighted by molar-refractivity contribution is -0.126. The quantitative estimate of drug-likeness (QED) is 0.486. The summed E-state index contributed by atoms with van der Waals surface area (Å²) in [5.41, 5.74) is 4.90. The van der Waals surface area contributed by atoms with E-state index in [0.717, 1.165) is 44.3 Å². The molecule has 6 rings (SSSR count). The van der Waals surface area contributed by atoms with Crippen LogP contribution in [-0.2, 0) is 26.7 Å². The molecule has 1 unspecified atom stereocenters. The third kappa shape index (κ3) is 5.00. The predicted molar refractivity (Wildman–Crippen MR) is 151 cm³/mol. The zero-order chi connectivity index (χ0) is 27.4. The van der Waals surface area contributed by atoms with Gasteiger partial charge in [0.05, 0.1) is 29.3 Å². The molecule has 2 aromatic carbocycles. The van der Waals surface area contributed by atoms with E-state index in [4.69, 9.17) is 5.11 Å². The van der Waals surface area contributed by atoms with Crippen molar-refractivity contribution in [1.29, 1.82) is 0 Å². The predicted octanol–water partition coefficient (Wildman–Crippen LogP) is 3.10. The average molecular weight is 553 g/mol. The van der Waals surface area contributed by atoms with Gasteiger partial charge < -0.3 is 20.2 Å². The molecule has 3 N–H and O–H groups in total. The number of amides is 2. The molecule has 3 fully saturated rings. The number of anilines is 3. The van der Waals surface area contributed by atoms with Crippen LogP contribution in [0.25, 0.3) is 0 Å². The Morgan fingerprint density at radius 1 is 1.03 bits per heavy atom. The van der Waals surface area contributed by atoms with Crippen molar-refractivity contribution in [2.45, 2.75) is 50.4 Å². The second-order valence-electron chi connectivity index (χ2n) is 11.9. The minimum atomic E-state index is -3.69. The van der Waals surface area contributed by atoms with Gasteiger partial charge in [-0.15, -0.1) is 0 Å². The Kier molecular flexibility index (Phi) is 6.38. The molecule has 2 saturated heterocycles. The lowest BCUT2D eigenvalue weighted by Crippen LogP contribution is -2.35. The zero-order valence-corrected chi connectivity index (χ0v) is 23.1. The van der Waals surface area contributed by atoms with E-state index >= 15 is 0 Å². The number of nitrogens with one attached hydrogen (secondary N) is 2. The highest BCUT2D eigenvalue weighted by Crippen LogP contribution is 2.54. The maximum atomic E-state index is 13.7. The molecule has 9 nitrogen and oxygen atoms in total. The Morgan fingerprint density at radius 3 is 2.44 bits per heavy atom. The van der Waals surface area contributed by atoms with E-state index in [2.05, 4.69) is 21.0 Å². The fourth-order valence-electron chi connectivity index (χ4n) is 6.74. The number of benzene rings is 2. The van der Waals surface area contributed by atoms with Crippen molar-refractivity contribution >= 4 is 38.9 Å². The molecule has 2 aromatic rings.